The maximum absolute atomic E-state index is 5.87. The van der Waals surface area contributed by atoms with Gasteiger partial charge in [0.15, 0.2) is 0 Å². The molecule has 0 fully saturated rings. The minimum Gasteiger partial charge on any atom is -0.491 e. The van der Waals surface area contributed by atoms with Gasteiger partial charge in [0, 0.05) is 17.1 Å². The highest BCUT2D eigenvalue weighted by molar-refractivity contribution is 5.93. The number of hydrogen-bond acceptors (Lipinski definition) is 5. The molecule has 2 aromatic heterocycles. The molecule has 4 rings (SSSR count). The summed E-state index contributed by atoms with van der Waals surface area (Å²) in [5.41, 5.74) is 2.81. The first-order valence-corrected chi connectivity index (χ1v) is 8.55. The highest BCUT2D eigenvalue weighted by Gasteiger charge is 2.14. The van der Waals surface area contributed by atoms with Gasteiger partial charge >= 0.3 is 0 Å². The summed E-state index contributed by atoms with van der Waals surface area (Å²) in [5, 5.41) is 13.0. The van der Waals surface area contributed by atoms with Crippen molar-refractivity contribution in [1.29, 1.82) is 0 Å². The van der Waals surface area contributed by atoms with Gasteiger partial charge in [0.25, 0.3) is 0 Å². The molecule has 1 aromatic carbocycles. The fourth-order valence-electron chi connectivity index (χ4n) is 2.90. The van der Waals surface area contributed by atoms with Gasteiger partial charge in [-0.2, -0.15) is 10.2 Å². The van der Waals surface area contributed by atoms with Crippen LogP contribution < -0.4 is 4.74 Å². The Kier molecular flexibility index (Phi) is 4.42. The number of nitrogens with zero attached hydrogens (tertiary/aromatic N) is 3. The zero-order chi connectivity index (χ0) is 17.2. The first kappa shape index (κ1) is 16.1. The molecule has 7 heteroatoms. The molecular formula is C18H22N4O3. The number of fused-ring (bicyclic) bond motifs is 4. The van der Waals surface area contributed by atoms with E-state index in [1.54, 1.807) is 0 Å². The third-order valence-electron chi connectivity index (χ3n) is 4.33. The fourth-order valence-corrected chi connectivity index (χ4v) is 2.90. The van der Waals surface area contributed by atoms with E-state index in [9.17, 15) is 0 Å². The van der Waals surface area contributed by atoms with E-state index in [1.165, 1.54) is 0 Å². The lowest BCUT2D eigenvalue weighted by molar-refractivity contribution is -0.0108. The summed E-state index contributed by atoms with van der Waals surface area (Å²) in [5.74, 6) is 0.801. The van der Waals surface area contributed by atoms with Crippen LogP contribution in [0.2, 0.25) is 0 Å². The Morgan fingerprint density at radius 1 is 1.20 bits per heavy atom. The number of rotatable bonds is 0. The van der Waals surface area contributed by atoms with Crippen molar-refractivity contribution in [3.8, 4) is 17.0 Å². The standard InChI is InChI=1S/C18H22N4O3/c1-12-10-23-5-6-24-13(2)11-25-15-3-4-17-16(7-15)18(21-20-17)14-8-19-22(12)9-14/h3-4,7-9,12-13H,5-6,10-11H2,1-2H3,(H,20,21)/t12?,13-/m0/s1. The number of benzene rings is 1. The van der Waals surface area contributed by atoms with Gasteiger partial charge < -0.3 is 14.2 Å². The van der Waals surface area contributed by atoms with Crippen molar-refractivity contribution in [3.05, 3.63) is 30.6 Å². The van der Waals surface area contributed by atoms with Crippen molar-refractivity contribution in [1.82, 2.24) is 20.0 Å². The van der Waals surface area contributed by atoms with Crippen LogP contribution in [0.15, 0.2) is 30.6 Å². The zero-order valence-electron chi connectivity index (χ0n) is 14.4. The molecule has 2 atom stereocenters. The number of aromatic nitrogens is 4. The van der Waals surface area contributed by atoms with E-state index in [0.717, 1.165) is 27.9 Å². The summed E-state index contributed by atoms with van der Waals surface area (Å²) in [6.07, 6.45) is 3.84. The molecule has 1 unspecified atom stereocenters. The van der Waals surface area contributed by atoms with Crippen molar-refractivity contribution >= 4 is 10.9 Å². The molecule has 0 saturated carbocycles. The van der Waals surface area contributed by atoms with Crippen LogP contribution in [0, 0.1) is 0 Å². The van der Waals surface area contributed by atoms with E-state index >= 15 is 0 Å². The largest absolute Gasteiger partial charge is 0.491 e. The van der Waals surface area contributed by atoms with Gasteiger partial charge in [-0.15, -0.1) is 0 Å². The molecule has 3 aromatic rings. The molecule has 7 nitrogen and oxygen atoms in total. The van der Waals surface area contributed by atoms with Crippen LogP contribution in [0.25, 0.3) is 22.2 Å². The van der Waals surface area contributed by atoms with Gasteiger partial charge in [0.05, 0.1) is 43.7 Å². The lowest BCUT2D eigenvalue weighted by Crippen LogP contribution is -2.21. The van der Waals surface area contributed by atoms with E-state index < -0.39 is 0 Å². The summed E-state index contributed by atoms with van der Waals surface area (Å²) in [6.45, 7) is 6.26. The van der Waals surface area contributed by atoms with E-state index in [4.69, 9.17) is 14.2 Å². The fraction of sp³-hybridized carbons (Fsp3) is 0.444. The summed E-state index contributed by atoms with van der Waals surface area (Å²) >= 11 is 0. The zero-order valence-corrected chi connectivity index (χ0v) is 14.4. The molecule has 0 spiro atoms. The molecular weight excluding hydrogens is 320 g/mol. The van der Waals surface area contributed by atoms with Gasteiger partial charge in [-0.05, 0) is 32.0 Å². The summed E-state index contributed by atoms with van der Waals surface area (Å²) in [7, 11) is 0. The third kappa shape index (κ3) is 3.38. The van der Waals surface area contributed by atoms with Gasteiger partial charge in [-0.3, -0.25) is 9.78 Å². The van der Waals surface area contributed by atoms with Crippen molar-refractivity contribution in [3.63, 3.8) is 0 Å². The number of ether oxygens (including phenoxy) is 3. The Morgan fingerprint density at radius 2 is 2.12 bits per heavy atom. The molecule has 4 bridgehead atoms. The molecule has 132 valence electrons. The van der Waals surface area contributed by atoms with Crippen molar-refractivity contribution in [2.75, 3.05) is 26.4 Å². The molecule has 1 N–H and O–H groups in total. The predicted molar refractivity (Wildman–Crippen MR) is 93.8 cm³/mol. The first-order valence-electron chi connectivity index (χ1n) is 8.55. The maximum Gasteiger partial charge on any atom is 0.120 e. The highest BCUT2D eigenvalue weighted by Crippen LogP contribution is 2.29. The van der Waals surface area contributed by atoms with E-state index in [1.807, 2.05) is 42.2 Å². The average Bonchev–Trinajstić information content (AvgIpc) is 3.25. The van der Waals surface area contributed by atoms with Crippen LogP contribution >= 0.6 is 0 Å². The van der Waals surface area contributed by atoms with Crippen LogP contribution in [-0.2, 0) is 9.47 Å². The summed E-state index contributed by atoms with van der Waals surface area (Å²) in [6, 6.07) is 6.07. The number of aromatic amines is 1. The van der Waals surface area contributed by atoms with E-state index in [2.05, 4.69) is 22.2 Å². The number of hydrogen-bond donors (Lipinski definition) is 1. The maximum atomic E-state index is 5.87. The first-order chi connectivity index (χ1) is 12.2. The molecule has 25 heavy (non-hydrogen) atoms. The average molecular weight is 342 g/mol. The molecule has 3 heterocycles. The quantitative estimate of drug-likeness (QED) is 0.680. The highest BCUT2D eigenvalue weighted by atomic mass is 16.5. The topological polar surface area (TPSA) is 74.2 Å². The minimum absolute atomic E-state index is 0.000538. The van der Waals surface area contributed by atoms with Gasteiger partial charge in [-0.1, -0.05) is 0 Å². The van der Waals surface area contributed by atoms with Crippen molar-refractivity contribution < 1.29 is 14.2 Å². The molecule has 1 aliphatic rings. The third-order valence-corrected chi connectivity index (χ3v) is 4.33. The second-order valence-electron chi connectivity index (χ2n) is 6.40. The summed E-state index contributed by atoms with van der Waals surface area (Å²) < 4.78 is 19.2. The second-order valence-corrected chi connectivity index (χ2v) is 6.40. The van der Waals surface area contributed by atoms with Crippen molar-refractivity contribution in [2.24, 2.45) is 0 Å². The van der Waals surface area contributed by atoms with Crippen LogP contribution in [0.5, 0.6) is 5.75 Å². The molecule has 0 saturated heterocycles. The number of nitrogens with one attached hydrogen (secondary N) is 1. The Hall–Kier alpha value is -2.38. The Labute approximate surface area is 145 Å². The molecule has 0 radical (unpaired) electrons. The Balaban J connectivity index is 1.72. The lowest BCUT2D eigenvalue weighted by Gasteiger charge is -2.16. The minimum atomic E-state index is -0.000538. The van der Waals surface area contributed by atoms with Crippen LogP contribution in [0.4, 0.5) is 0 Å². The van der Waals surface area contributed by atoms with E-state index in [0.29, 0.717) is 26.4 Å². The lowest BCUT2D eigenvalue weighted by atomic mass is 10.1. The normalized spacial score (nSPS) is 22.2. The Bertz CT molecular complexity index is 857. The van der Waals surface area contributed by atoms with Crippen LogP contribution in [-0.4, -0.2) is 52.5 Å². The van der Waals surface area contributed by atoms with Crippen molar-refractivity contribution in [2.45, 2.75) is 26.0 Å². The number of H-pyrrole nitrogens is 1. The molecule has 0 amide bonds. The molecule has 0 aliphatic carbocycles. The van der Waals surface area contributed by atoms with Gasteiger partial charge in [-0.25, -0.2) is 0 Å². The van der Waals surface area contributed by atoms with Gasteiger partial charge in [0.1, 0.15) is 18.1 Å². The SMILES string of the molecule is CC1COCCO[C@@H](C)COc2ccc3[nH]nc(c3c2)-c2cnn1c2. The predicted octanol–water partition coefficient (Wildman–Crippen LogP) is 2.80. The monoisotopic (exact) mass is 342 g/mol. The molecule has 1 aliphatic heterocycles. The second kappa shape index (κ2) is 6.85. The van der Waals surface area contributed by atoms with Crippen LogP contribution in [0.3, 0.4) is 0 Å². The Morgan fingerprint density at radius 3 is 3.04 bits per heavy atom. The van der Waals surface area contributed by atoms with E-state index in [-0.39, 0.29) is 12.1 Å². The van der Waals surface area contributed by atoms with Crippen LogP contribution in [0.1, 0.15) is 19.9 Å². The summed E-state index contributed by atoms with van der Waals surface area (Å²) in [4.78, 5) is 0. The van der Waals surface area contributed by atoms with Gasteiger partial charge in [0.2, 0.25) is 0 Å². The smallest absolute Gasteiger partial charge is 0.120 e.